The second kappa shape index (κ2) is 7.87. The number of carbonyl (C=O) groups is 2. The maximum absolute atomic E-state index is 12.8. The lowest BCUT2D eigenvalue weighted by Gasteiger charge is -2.23. The summed E-state index contributed by atoms with van der Waals surface area (Å²) in [5.41, 5.74) is 2.59. The van der Waals surface area contributed by atoms with Crippen molar-refractivity contribution < 1.29 is 18.7 Å². The lowest BCUT2D eigenvalue weighted by Crippen LogP contribution is -2.44. The number of carbonyl (C=O) groups excluding carboxylic acids is 2. The van der Waals surface area contributed by atoms with Crippen molar-refractivity contribution in [3.63, 3.8) is 0 Å². The number of benzene rings is 1. The highest BCUT2D eigenvalue weighted by Crippen LogP contribution is 2.37. The molecule has 0 bridgehead atoms. The van der Waals surface area contributed by atoms with Gasteiger partial charge in [0.2, 0.25) is 5.89 Å². The smallest absolute Gasteiger partial charge is 0.269 e. The van der Waals surface area contributed by atoms with Crippen molar-refractivity contribution in [1.29, 1.82) is 0 Å². The highest BCUT2D eigenvalue weighted by Gasteiger charge is 2.39. The number of hydrogen-bond donors (Lipinski definition) is 2. The van der Waals surface area contributed by atoms with E-state index in [1.807, 2.05) is 24.3 Å². The van der Waals surface area contributed by atoms with Crippen LogP contribution < -0.4 is 5.32 Å². The molecular formula is C22H22N4O4. The Morgan fingerprint density at radius 3 is 2.83 bits per heavy atom. The molecule has 154 valence electrons. The molecule has 3 aromatic rings. The lowest BCUT2D eigenvalue weighted by molar-refractivity contribution is 0.0620. The standard InChI is InChI=1S/C22H22N4O4/c27-12-16-11-23-22(30-16)15-4-1-3-14(9-15)17-10-18(26-25-17)21(28)24-20(13-6-7-13)19-5-2-8-29-19/h1,3-4,9-13,19-20H,2,5-8H2,(H,24,28)(H,25,26). The van der Waals surface area contributed by atoms with Gasteiger partial charge in [0.25, 0.3) is 5.91 Å². The van der Waals surface area contributed by atoms with Crippen LogP contribution in [0.15, 0.2) is 40.9 Å². The van der Waals surface area contributed by atoms with Crippen LogP contribution >= 0.6 is 0 Å². The van der Waals surface area contributed by atoms with Crippen LogP contribution in [0.2, 0.25) is 0 Å². The molecule has 2 unspecified atom stereocenters. The summed E-state index contributed by atoms with van der Waals surface area (Å²) in [6, 6.07) is 9.24. The van der Waals surface area contributed by atoms with E-state index in [1.165, 1.54) is 6.20 Å². The van der Waals surface area contributed by atoms with E-state index >= 15 is 0 Å². The molecule has 0 spiro atoms. The van der Waals surface area contributed by atoms with Crippen molar-refractivity contribution in [2.45, 2.75) is 37.8 Å². The number of amides is 1. The molecule has 2 aromatic heterocycles. The fraction of sp³-hybridized carbons (Fsp3) is 0.364. The van der Waals surface area contributed by atoms with Crippen molar-refractivity contribution in [3.05, 3.63) is 48.0 Å². The first kappa shape index (κ1) is 18.7. The summed E-state index contributed by atoms with van der Waals surface area (Å²) in [6.07, 6.45) is 6.43. The van der Waals surface area contributed by atoms with Gasteiger partial charge in [-0.05, 0) is 49.8 Å². The van der Waals surface area contributed by atoms with Crippen LogP contribution in [0, 0.1) is 5.92 Å². The zero-order valence-corrected chi connectivity index (χ0v) is 16.3. The zero-order chi connectivity index (χ0) is 20.5. The van der Waals surface area contributed by atoms with Gasteiger partial charge in [-0.3, -0.25) is 14.7 Å². The predicted octanol–water partition coefficient (Wildman–Crippen LogP) is 3.23. The Bertz CT molecular complexity index is 1060. The van der Waals surface area contributed by atoms with Crippen LogP contribution in [-0.2, 0) is 4.74 Å². The third kappa shape index (κ3) is 3.78. The molecule has 2 fully saturated rings. The van der Waals surface area contributed by atoms with Gasteiger partial charge < -0.3 is 14.5 Å². The highest BCUT2D eigenvalue weighted by molar-refractivity contribution is 5.93. The number of rotatable bonds is 7. The quantitative estimate of drug-likeness (QED) is 0.583. The molecule has 2 atom stereocenters. The zero-order valence-electron chi connectivity index (χ0n) is 16.3. The van der Waals surface area contributed by atoms with Crippen molar-refractivity contribution in [2.75, 3.05) is 6.61 Å². The molecule has 1 aliphatic carbocycles. The predicted molar refractivity (Wildman–Crippen MR) is 108 cm³/mol. The number of aromatic nitrogens is 3. The third-order valence-corrected chi connectivity index (χ3v) is 5.66. The van der Waals surface area contributed by atoms with E-state index in [1.54, 1.807) is 6.07 Å². The number of nitrogens with zero attached hydrogens (tertiary/aromatic N) is 2. The summed E-state index contributed by atoms with van der Waals surface area (Å²) in [4.78, 5) is 27.8. The van der Waals surface area contributed by atoms with Crippen molar-refractivity contribution in [2.24, 2.45) is 5.92 Å². The van der Waals surface area contributed by atoms with Crippen LogP contribution in [0.5, 0.6) is 0 Å². The summed E-state index contributed by atoms with van der Waals surface area (Å²) in [7, 11) is 0. The molecule has 1 saturated carbocycles. The van der Waals surface area contributed by atoms with Crippen LogP contribution in [0.4, 0.5) is 0 Å². The lowest BCUT2D eigenvalue weighted by atomic mass is 10.0. The van der Waals surface area contributed by atoms with Crippen molar-refractivity contribution in [3.8, 4) is 22.7 Å². The van der Waals surface area contributed by atoms with Gasteiger partial charge in [0.1, 0.15) is 5.69 Å². The summed E-state index contributed by atoms with van der Waals surface area (Å²) in [6.45, 7) is 0.771. The van der Waals surface area contributed by atoms with Crippen LogP contribution in [0.1, 0.15) is 46.7 Å². The minimum Gasteiger partial charge on any atom is -0.433 e. The van der Waals surface area contributed by atoms with Crippen molar-refractivity contribution in [1.82, 2.24) is 20.5 Å². The Hall–Kier alpha value is -3.26. The van der Waals surface area contributed by atoms with Crippen molar-refractivity contribution >= 4 is 12.2 Å². The number of nitrogens with one attached hydrogen (secondary N) is 2. The summed E-state index contributed by atoms with van der Waals surface area (Å²) in [5.74, 6) is 0.871. The molecular weight excluding hydrogens is 384 g/mol. The molecule has 2 N–H and O–H groups in total. The van der Waals surface area contributed by atoms with E-state index in [0.29, 0.717) is 29.5 Å². The van der Waals surface area contributed by atoms with Gasteiger partial charge in [0, 0.05) is 17.7 Å². The number of aldehydes is 1. The minimum atomic E-state index is -0.166. The second-order valence-electron chi connectivity index (χ2n) is 7.82. The molecule has 3 heterocycles. The molecule has 1 aromatic carbocycles. The van der Waals surface area contributed by atoms with Crippen LogP contribution in [0.25, 0.3) is 22.7 Å². The molecule has 2 aliphatic rings. The van der Waals surface area contributed by atoms with E-state index in [-0.39, 0.29) is 23.8 Å². The molecule has 1 amide bonds. The highest BCUT2D eigenvalue weighted by atomic mass is 16.5. The normalized spacial score (nSPS) is 19.5. The SMILES string of the molecule is O=Cc1cnc(-c2cccc(-c3cc(C(=O)NC(C4CC4)C4CCCO4)[nH]n3)c2)o1. The first-order valence-corrected chi connectivity index (χ1v) is 10.2. The molecule has 8 nitrogen and oxygen atoms in total. The fourth-order valence-corrected chi connectivity index (χ4v) is 3.96. The van der Waals surface area contributed by atoms with Gasteiger partial charge in [-0.1, -0.05) is 12.1 Å². The third-order valence-electron chi connectivity index (χ3n) is 5.66. The Morgan fingerprint density at radius 2 is 2.10 bits per heavy atom. The van der Waals surface area contributed by atoms with Gasteiger partial charge in [-0.25, -0.2) is 4.98 Å². The largest absolute Gasteiger partial charge is 0.433 e. The number of H-pyrrole nitrogens is 1. The minimum absolute atomic E-state index is 0.0621. The molecule has 8 heteroatoms. The monoisotopic (exact) mass is 406 g/mol. The van der Waals surface area contributed by atoms with E-state index in [4.69, 9.17) is 9.15 Å². The maximum atomic E-state index is 12.8. The van der Waals surface area contributed by atoms with Gasteiger partial charge in [-0.2, -0.15) is 5.10 Å². The summed E-state index contributed by atoms with van der Waals surface area (Å²) in [5, 5.41) is 10.3. The van der Waals surface area contributed by atoms with E-state index < -0.39 is 0 Å². The molecule has 30 heavy (non-hydrogen) atoms. The van der Waals surface area contributed by atoms with Gasteiger partial charge in [0.15, 0.2) is 12.0 Å². The second-order valence-corrected chi connectivity index (χ2v) is 7.82. The molecule has 1 saturated heterocycles. The number of oxazole rings is 1. The Kier molecular flexibility index (Phi) is 4.92. The topological polar surface area (TPSA) is 110 Å². The van der Waals surface area contributed by atoms with E-state index in [2.05, 4.69) is 20.5 Å². The van der Waals surface area contributed by atoms with E-state index in [9.17, 15) is 9.59 Å². The van der Waals surface area contributed by atoms with Gasteiger partial charge >= 0.3 is 0 Å². The summed E-state index contributed by atoms with van der Waals surface area (Å²) < 4.78 is 11.2. The van der Waals surface area contributed by atoms with Crippen LogP contribution in [-0.4, -0.2) is 46.1 Å². The van der Waals surface area contributed by atoms with Gasteiger partial charge in [0.05, 0.1) is 24.0 Å². The number of hydrogen-bond acceptors (Lipinski definition) is 6. The Balaban J connectivity index is 1.33. The Labute approximate surface area is 173 Å². The molecule has 5 rings (SSSR count). The Morgan fingerprint density at radius 1 is 1.23 bits per heavy atom. The first-order valence-electron chi connectivity index (χ1n) is 10.2. The molecule has 1 aliphatic heterocycles. The maximum Gasteiger partial charge on any atom is 0.269 e. The first-order chi connectivity index (χ1) is 14.7. The number of ether oxygens (including phenoxy) is 1. The summed E-state index contributed by atoms with van der Waals surface area (Å²) >= 11 is 0. The average molecular weight is 406 g/mol. The average Bonchev–Trinajstić information content (AvgIpc) is 3.22. The molecule has 0 radical (unpaired) electrons. The van der Waals surface area contributed by atoms with E-state index in [0.717, 1.165) is 43.4 Å². The van der Waals surface area contributed by atoms with Gasteiger partial charge in [-0.15, -0.1) is 0 Å². The van der Waals surface area contributed by atoms with Crippen LogP contribution in [0.3, 0.4) is 0 Å². The fourth-order valence-electron chi connectivity index (χ4n) is 3.96. The number of aromatic amines is 1.